The molecule has 8 rings (SSSR count). The number of pyridine rings is 2. The van der Waals surface area contributed by atoms with Crippen molar-refractivity contribution in [3.63, 3.8) is 0 Å². The van der Waals surface area contributed by atoms with Gasteiger partial charge in [-0.2, -0.15) is 0 Å². The summed E-state index contributed by atoms with van der Waals surface area (Å²) in [5, 5.41) is 16.0. The van der Waals surface area contributed by atoms with E-state index in [-0.39, 0.29) is 22.8 Å². The summed E-state index contributed by atoms with van der Waals surface area (Å²) in [6.07, 6.45) is 14.9. The fourth-order valence-electron chi connectivity index (χ4n) is 9.16. The number of rotatable bonds is 11. The number of likely N-dealkylation sites (tertiary alicyclic amines) is 1. The number of carbonyl (C=O) groups is 1. The van der Waals surface area contributed by atoms with E-state index < -0.39 is 31.4 Å². The molecule has 2 aliphatic heterocycles. The Morgan fingerprint density at radius 1 is 1.05 bits per heavy atom. The molecule has 2 saturated heterocycles. The molecule has 1 amide bonds. The molecule has 4 aliphatic rings. The predicted octanol–water partition coefficient (Wildman–Crippen LogP) is 7.17. The Hall–Kier alpha value is -4.76. The number of aromatic amines is 1. The minimum absolute atomic E-state index is 0.0115. The van der Waals surface area contributed by atoms with Crippen LogP contribution in [-0.4, -0.2) is 77.9 Å². The summed E-state index contributed by atoms with van der Waals surface area (Å²) in [6, 6.07) is 10.5. The lowest BCUT2D eigenvalue weighted by molar-refractivity contribution is -0.384. The van der Waals surface area contributed by atoms with Gasteiger partial charge in [0.05, 0.1) is 22.4 Å². The van der Waals surface area contributed by atoms with E-state index in [4.69, 9.17) is 4.74 Å². The molecule has 0 unspecified atom stereocenters. The van der Waals surface area contributed by atoms with Crippen LogP contribution in [0.25, 0.3) is 11.0 Å². The van der Waals surface area contributed by atoms with Gasteiger partial charge in [-0.05, 0) is 113 Å². The van der Waals surface area contributed by atoms with Crippen molar-refractivity contribution in [2.24, 2.45) is 17.3 Å². The summed E-state index contributed by atoms with van der Waals surface area (Å²) in [5.41, 5.74) is 1.49. The molecular formula is C40H50N8O6S. The Labute approximate surface area is 321 Å². The van der Waals surface area contributed by atoms with E-state index >= 15 is 0 Å². The number of hydrogen-bond donors (Lipinski definition) is 3. The number of hydrogen-bond acceptors (Lipinski definition) is 11. The second-order valence-electron chi connectivity index (χ2n) is 16.3. The quantitative estimate of drug-likeness (QED) is 0.104. The summed E-state index contributed by atoms with van der Waals surface area (Å²) in [6.45, 7) is 8.39. The lowest BCUT2D eigenvalue weighted by Crippen LogP contribution is -2.54. The normalized spacial score (nSPS) is 21.7. The van der Waals surface area contributed by atoms with E-state index in [0.29, 0.717) is 41.2 Å². The molecule has 5 heterocycles. The number of aryl methyl sites for hydroxylation is 1. The molecule has 3 N–H and O–H groups in total. The van der Waals surface area contributed by atoms with Crippen molar-refractivity contribution in [3.8, 4) is 11.5 Å². The van der Waals surface area contributed by atoms with E-state index in [1.807, 2.05) is 12.1 Å². The first-order valence-corrected chi connectivity index (χ1v) is 21.1. The van der Waals surface area contributed by atoms with Crippen LogP contribution in [0, 0.1) is 34.3 Å². The van der Waals surface area contributed by atoms with Gasteiger partial charge >= 0.3 is 5.69 Å². The first kappa shape index (κ1) is 37.2. The standard InChI is InChI=1S/C40H50N8O6S/c1-26-5-7-28(8-6-26)24-42-38-34(48(50)51)21-36(27(2)44-38)55(52,53)45-39(49)33-10-9-30(20-35(33)54-32-19-29-11-14-41-37(29)43-25-32)47-17-12-40(13-18-47)22-31(23-40)46-15-3-4-16-46/h9-11,14,19-21,25-26,28,31H,3-8,12-13,15-18,22-24H2,1-2H3,(H,41,43)(H,42,44)(H,45,49)/t26-,28+. The van der Waals surface area contributed by atoms with E-state index in [0.717, 1.165) is 68.8 Å². The monoisotopic (exact) mass is 770 g/mol. The largest absolute Gasteiger partial charge is 0.455 e. The Morgan fingerprint density at radius 3 is 2.53 bits per heavy atom. The molecule has 2 saturated carbocycles. The lowest BCUT2D eigenvalue weighted by atomic mass is 9.60. The van der Waals surface area contributed by atoms with Gasteiger partial charge in [0.25, 0.3) is 15.9 Å². The van der Waals surface area contributed by atoms with Crippen LogP contribution in [0.5, 0.6) is 11.5 Å². The molecule has 2 aliphatic carbocycles. The smallest absolute Gasteiger partial charge is 0.312 e. The second-order valence-corrected chi connectivity index (χ2v) is 18.0. The van der Waals surface area contributed by atoms with Crippen LogP contribution in [0.4, 0.5) is 17.2 Å². The molecule has 55 heavy (non-hydrogen) atoms. The number of sulfonamides is 1. The van der Waals surface area contributed by atoms with Crippen LogP contribution in [0.1, 0.15) is 87.2 Å². The van der Waals surface area contributed by atoms with Crippen molar-refractivity contribution in [1.82, 2.24) is 24.6 Å². The summed E-state index contributed by atoms with van der Waals surface area (Å²) < 4.78 is 36.0. The zero-order chi connectivity index (χ0) is 38.3. The van der Waals surface area contributed by atoms with Gasteiger partial charge < -0.3 is 24.8 Å². The zero-order valence-electron chi connectivity index (χ0n) is 31.6. The number of fused-ring (bicyclic) bond motifs is 1. The number of nitro groups is 1. The molecule has 1 spiro atoms. The number of nitrogens with zero attached hydrogens (tertiary/aromatic N) is 5. The Kier molecular flexibility index (Phi) is 10.2. The Morgan fingerprint density at radius 2 is 1.80 bits per heavy atom. The SMILES string of the molecule is Cc1nc(NC[C@H]2CC[C@@H](C)CC2)c([N+](=O)[O-])cc1S(=O)(=O)NC(=O)c1ccc(N2CCC3(CC2)CC(N2CCCC2)C3)cc1Oc1cnc2[nH]ccc2c1. The highest BCUT2D eigenvalue weighted by Crippen LogP contribution is 2.52. The van der Waals surface area contributed by atoms with E-state index in [1.165, 1.54) is 45.7 Å². The molecule has 4 fully saturated rings. The van der Waals surface area contributed by atoms with E-state index in [1.54, 1.807) is 30.6 Å². The number of benzene rings is 1. The highest BCUT2D eigenvalue weighted by atomic mass is 32.2. The molecule has 0 radical (unpaired) electrons. The first-order chi connectivity index (χ1) is 26.4. The molecule has 4 aromatic rings. The molecule has 15 heteroatoms. The minimum atomic E-state index is -4.59. The maximum Gasteiger partial charge on any atom is 0.312 e. The van der Waals surface area contributed by atoms with Gasteiger partial charge in [0, 0.05) is 55.1 Å². The van der Waals surface area contributed by atoms with Gasteiger partial charge in [-0.15, -0.1) is 0 Å². The predicted molar refractivity (Wildman–Crippen MR) is 210 cm³/mol. The van der Waals surface area contributed by atoms with Crippen molar-refractivity contribution in [2.45, 2.75) is 89.0 Å². The number of carbonyl (C=O) groups excluding carboxylic acids is 1. The first-order valence-electron chi connectivity index (χ1n) is 19.7. The molecule has 1 aromatic carbocycles. The number of piperidine rings is 1. The van der Waals surface area contributed by atoms with E-state index in [2.05, 4.69) is 41.7 Å². The number of nitrogens with one attached hydrogen (secondary N) is 3. The third-order valence-electron chi connectivity index (χ3n) is 12.5. The summed E-state index contributed by atoms with van der Waals surface area (Å²) >= 11 is 0. The lowest BCUT2D eigenvalue weighted by Gasteiger charge is -2.55. The highest BCUT2D eigenvalue weighted by Gasteiger charge is 2.48. The number of aromatic nitrogens is 3. The maximum atomic E-state index is 13.9. The fraction of sp³-hybridized carbons (Fsp3) is 0.525. The summed E-state index contributed by atoms with van der Waals surface area (Å²) in [7, 11) is -4.59. The zero-order valence-corrected chi connectivity index (χ0v) is 32.4. The second kappa shape index (κ2) is 15.1. The van der Waals surface area contributed by atoms with Crippen molar-refractivity contribution < 1.29 is 22.9 Å². The van der Waals surface area contributed by atoms with Crippen LogP contribution < -0.4 is 19.7 Å². The van der Waals surface area contributed by atoms with Gasteiger partial charge in [-0.3, -0.25) is 14.9 Å². The highest BCUT2D eigenvalue weighted by molar-refractivity contribution is 7.90. The van der Waals surface area contributed by atoms with E-state index in [9.17, 15) is 23.3 Å². The number of H-pyrrole nitrogens is 1. The van der Waals surface area contributed by atoms with Gasteiger partial charge in [-0.25, -0.2) is 23.1 Å². The molecule has 0 atom stereocenters. The topological polar surface area (TPSA) is 176 Å². The van der Waals surface area contributed by atoms with Gasteiger partial charge in [0.15, 0.2) is 0 Å². The van der Waals surface area contributed by atoms with Crippen LogP contribution in [0.3, 0.4) is 0 Å². The maximum absolute atomic E-state index is 13.9. The third-order valence-corrected chi connectivity index (χ3v) is 14.0. The van der Waals surface area contributed by atoms with Gasteiger partial charge in [0.1, 0.15) is 22.0 Å². The number of ether oxygens (including phenoxy) is 1. The molecule has 0 bridgehead atoms. The molecule has 292 valence electrons. The Balaban J connectivity index is 1.01. The minimum Gasteiger partial charge on any atom is -0.455 e. The Bertz CT molecular complexity index is 2180. The number of amides is 1. The molecule has 14 nitrogen and oxygen atoms in total. The average Bonchev–Trinajstić information content (AvgIpc) is 3.86. The van der Waals surface area contributed by atoms with Crippen molar-refractivity contribution in [3.05, 3.63) is 70.2 Å². The summed E-state index contributed by atoms with van der Waals surface area (Å²) in [4.78, 5) is 41.7. The van der Waals surface area contributed by atoms with Gasteiger partial charge in [-0.1, -0.05) is 19.8 Å². The third kappa shape index (κ3) is 7.86. The van der Waals surface area contributed by atoms with Crippen LogP contribution in [0.15, 0.2) is 53.7 Å². The van der Waals surface area contributed by atoms with Gasteiger partial charge in [0.2, 0.25) is 5.82 Å². The fourth-order valence-corrected chi connectivity index (χ4v) is 10.3. The van der Waals surface area contributed by atoms with Crippen LogP contribution in [-0.2, 0) is 10.0 Å². The van der Waals surface area contributed by atoms with Crippen molar-refractivity contribution >= 4 is 44.2 Å². The van der Waals surface area contributed by atoms with Crippen LogP contribution in [0.2, 0.25) is 0 Å². The van der Waals surface area contributed by atoms with Crippen molar-refractivity contribution in [2.75, 3.05) is 42.9 Å². The number of anilines is 2. The molecule has 3 aromatic heterocycles. The average molecular weight is 771 g/mol. The summed E-state index contributed by atoms with van der Waals surface area (Å²) in [5.74, 6) is 0.635. The molecular weight excluding hydrogens is 721 g/mol. The van der Waals surface area contributed by atoms with Crippen molar-refractivity contribution in [1.29, 1.82) is 0 Å². The van der Waals surface area contributed by atoms with Crippen LogP contribution >= 0.6 is 0 Å².